The molecule has 4 nitrogen and oxygen atoms in total. The third-order valence-corrected chi connectivity index (χ3v) is 4.85. The summed E-state index contributed by atoms with van der Waals surface area (Å²) in [6.07, 6.45) is 4.23. The Balaban J connectivity index is 1.70. The minimum atomic E-state index is -0.203. The van der Waals surface area contributed by atoms with E-state index in [0.29, 0.717) is 12.0 Å². The maximum atomic E-state index is 13.3. The zero-order valence-electron chi connectivity index (χ0n) is 15.5. The van der Waals surface area contributed by atoms with Crippen LogP contribution in [-0.4, -0.2) is 40.4 Å². The number of aryl methyl sites for hydroxylation is 1. The Labute approximate surface area is 150 Å². The molecule has 1 aromatic carbocycles. The second-order valence-corrected chi connectivity index (χ2v) is 7.53. The number of halogens is 1. The Morgan fingerprint density at radius 3 is 2.40 bits per heavy atom. The molecule has 1 atom stereocenters. The zero-order chi connectivity index (χ0) is 17.8. The van der Waals surface area contributed by atoms with E-state index in [1.807, 2.05) is 36.1 Å². The first-order valence-electron chi connectivity index (χ1n) is 9.24. The lowest BCUT2D eigenvalue weighted by molar-refractivity contribution is 0.176. The van der Waals surface area contributed by atoms with Crippen LogP contribution in [0.4, 0.5) is 4.39 Å². The molecule has 1 aliphatic rings. The normalized spacial score (nSPS) is 18.0. The molecule has 0 radical (unpaired) electrons. The van der Waals surface area contributed by atoms with Crippen molar-refractivity contribution in [2.75, 3.05) is 19.6 Å². The summed E-state index contributed by atoms with van der Waals surface area (Å²) < 4.78 is 15.1. The number of nitrogens with zero attached hydrogens (tertiary/aromatic N) is 3. The van der Waals surface area contributed by atoms with Crippen molar-refractivity contribution in [1.29, 1.82) is 0 Å². The molecule has 2 heterocycles. The molecule has 0 saturated carbocycles. The zero-order valence-corrected chi connectivity index (χ0v) is 15.5. The number of nitrogens with one attached hydrogen (secondary N) is 1. The molecule has 5 heteroatoms. The molecule has 1 unspecified atom stereocenters. The van der Waals surface area contributed by atoms with E-state index in [1.54, 1.807) is 0 Å². The highest BCUT2D eigenvalue weighted by molar-refractivity contribution is 5.27. The van der Waals surface area contributed by atoms with Gasteiger partial charge in [0.25, 0.3) is 0 Å². The predicted molar refractivity (Wildman–Crippen MR) is 98.9 cm³/mol. The lowest BCUT2D eigenvalue weighted by Gasteiger charge is -2.35. The standard InChI is InChI=1S/C20H29FN4/c1-15(2)14-25-12-8-18(9-13-25)22-20(19-10-11-24(3)23-19)16-4-6-17(21)7-5-16/h4-7,10-11,15,18,20,22H,8-9,12-14H2,1-3H3. The number of rotatable bonds is 6. The Morgan fingerprint density at radius 1 is 1.16 bits per heavy atom. The van der Waals surface area contributed by atoms with Gasteiger partial charge in [0.1, 0.15) is 5.82 Å². The van der Waals surface area contributed by atoms with Gasteiger partial charge in [0.15, 0.2) is 0 Å². The lowest BCUT2D eigenvalue weighted by Crippen LogP contribution is -2.44. The van der Waals surface area contributed by atoms with Gasteiger partial charge in [0.2, 0.25) is 0 Å². The molecule has 2 aromatic rings. The van der Waals surface area contributed by atoms with Gasteiger partial charge in [-0.15, -0.1) is 0 Å². The first-order chi connectivity index (χ1) is 12.0. The molecule has 3 rings (SSSR count). The number of aromatic nitrogens is 2. The molecular formula is C20H29FN4. The van der Waals surface area contributed by atoms with E-state index >= 15 is 0 Å². The Kier molecular flexibility index (Phi) is 5.86. The van der Waals surface area contributed by atoms with Crippen molar-refractivity contribution >= 4 is 0 Å². The molecule has 1 saturated heterocycles. The highest BCUT2D eigenvalue weighted by atomic mass is 19.1. The maximum absolute atomic E-state index is 13.3. The summed E-state index contributed by atoms with van der Waals surface area (Å²) in [5, 5.41) is 8.35. The fourth-order valence-electron chi connectivity index (χ4n) is 3.63. The van der Waals surface area contributed by atoms with Gasteiger partial charge < -0.3 is 10.2 Å². The molecule has 1 N–H and O–H groups in total. The molecule has 0 bridgehead atoms. The Morgan fingerprint density at radius 2 is 1.84 bits per heavy atom. The van der Waals surface area contributed by atoms with Gasteiger partial charge >= 0.3 is 0 Å². The summed E-state index contributed by atoms with van der Waals surface area (Å²) in [4.78, 5) is 2.55. The van der Waals surface area contributed by atoms with Crippen LogP contribution in [-0.2, 0) is 7.05 Å². The number of likely N-dealkylation sites (tertiary alicyclic amines) is 1. The largest absolute Gasteiger partial charge is 0.303 e. The third-order valence-electron chi connectivity index (χ3n) is 4.85. The molecule has 25 heavy (non-hydrogen) atoms. The quantitative estimate of drug-likeness (QED) is 0.872. The average molecular weight is 344 g/mol. The van der Waals surface area contributed by atoms with E-state index in [-0.39, 0.29) is 11.9 Å². The van der Waals surface area contributed by atoms with Crippen LogP contribution in [0.5, 0.6) is 0 Å². The van der Waals surface area contributed by atoms with Crippen molar-refractivity contribution in [2.45, 2.75) is 38.8 Å². The van der Waals surface area contributed by atoms with Crippen LogP contribution >= 0.6 is 0 Å². The number of piperidine rings is 1. The van der Waals surface area contributed by atoms with Gasteiger partial charge in [-0.25, -0.2) is 4.39 Å². The van der Waals surface area contributed by atoms with Crippen molar-refractivity contribution < 1.29 is 4.39 Å². The molecule has 136 valence electrons. The van der Waals surface area contributed by atoms with Gasteiger partial charge in [-0.1, -0.05) is 26.0 Å². The van der Waals surface area contributed by atoms with Crippen LogP contribution in [0.3, 0.4) is 0 Å². The molecule has 0 spiro atoms. The first-order valence-corrected chi connectivity index (χ1v) is 9.24. The highest BCUT2D eigenvalue weighted by Crippen LogP contribution is 2.24. The fourth-order valence-corrected chi connectivity index (χ4v) is 3.63. The summed E-state index contributed by atoms with van der Waals surface area (Å²) in [5.41, 5.74) is 2.04. The van der Waals surface area contributed by atoms with Crippen LogP contribution in [0, 0.1) is 11.7 Å². The van der Waals surface area contributed by atoms with E-state index in [1.165, 1.54) is 18.7 Å². The van der Waals surface area contributed by atoms with E-state index < -0.39 is 0 Å². The summed E-state index contributed by atoms with van der Waals surface area (Å²) in [6, 6.07) is 9.26. The third kappa shape index (κ3) is 4.89. The SMILES string of the molecule is CC(C)CN1CCC(NC(c2ccc(F)cc2)c2ccn(C)n2)CC1. The Bertz CT molecular complexity index is 657. The minimum Gasteiger partial charge on any atom is -0.303 e. The second kappa shape index (κ2) is 8.11. The van der Waals surface area contributed by atoms with Crippen LogP contribution in [0.25, 0.3) is 0 Å². The lowest BCUT2D eigenvalue weighted by atomic mass is 9.98. The second-order valence-electron chi connectivity index (χ2n) is 7.53. The maximum Gasteiger partial charge on any atom is 0.123 e. The molecular weight excluding hydrogens is 315 g/mol. The van der Waals surface area contributed by atoms with Crippen molar-refractivity contribution in [2.24, 2.45) is 13.0 Å². The van der Waals surface area contributed by atoms with Gasteiger partial charge in [-0.3, -0.25) is 4.68 Å². The number of benzene rings is 1. The van der Waals surface area contributed by atoms with E-state index in [9.17, 15) is 4.39 Å². The van der Waals surface area contributed by atoms with Gasteiger partial charge in [-0.2, -0.15) is 5.10 Å². The fraction of sp³-hybridized carbons (Fsp3) is 0.550. The monoisotopic (exact) mass is 344 g/mol. The van der Waals surface area contributed by atoms with E-state index in [4.69, 9.17) is 0 Å². The summed E-state index contributed by atoms with van der Waals surface area (Å²) in [6.45, 7) is 7.99. The number of hydrogen-bond donors (Lipinski definition) is 1. The van der Waals surface area contributed by atoms with Crippen molar-refractivity contribution in [3.8, 4) is 0 Å². The Hall–Kier alpha value is -1.72. The van der Waals surface area contributed by atoms with Crippen molar-refractivity contribution in [3.05, 3.63) is 53.6 Å². The van der Waals surface area contributed by atoms with Crippen LogP contribution < -0.4 is 5.32 Å². The van der Waals surface area contributed by atoms with Gasteiger partial charge in [-0.05, 0) is 55.6 Å². The average Bonchev–Trinajstić information content (AvgIpc) is 3.01. The van der Waals surface area contributed by atoms with Gasteiger partial charge in [0.05, 0.1) is 11.7 Å². The van der Waals surface area contributed by atoms with Crippen molar-refractivity contribution in [1.82, 2.24) is 20.0 Å². The number of hydrogen-bond acceptors (Lipinski definition) is 3. The van der Waals surface area contributed by atoms with Crippen LogP contribution in [0.15, 0.2) is 36.5 Å². The van der Waals surface area contributed by atoms with Gasteiger partial charge in [0, 0.05) is 25.8 Å². The first kappa shape index (κ1) is 18.1. The topological polar surface area (TPSA) is 33.1 Å². The van der Waals surface area contributed by atoms with Crippen LogP contribution in [0.2, 0.25) is 0 Å². The minimum absolute atomic E-state index is 0.00319. The molecule has 1 fully saturated rings. The van der Waals surface area contributed by atoms with Crippen LogP contribution in [0.1, 0.15) is 44.0 Å². The summed E-state index contributed by atoms with van der Waals surface area (Å²) >= 11 is 0. The highest BCUT2D eigenvalue weighted by Gasteiger charge is 2.25. The smallest absolute Gasteiger partial charge is 0.123 e. The summed E-state index contributed by atoms with van der Waals surface area (Å²) in [5.74, 6) is 0.510. The van der Waals surface area contributed by atoms with E-state index in [2.05, 4.69) is 29.2 Å². The predicted octanol–water partition coefficient (Wildman–Crippen LogP) is 3.36. The molecule has 0 amide bonds. The molecule has 1 aliphatic heterocycles. The van der Waals surface area contributed by atoms with Crippen molar-refractivity contribution in [3.63, 3.8) is 0 Å². The van der Waals surface area contributed by atoms with E-state index in [0.717, 1.165) is 37.2 Å². The molecule has 1 aromatic heterocycles. The molecule has 0 aliphatic carbocycles. The summed E-state index contributed by atoms with van der Waals surface area (Å²) in [7, 11) is 1.93.